The van der Waals surface area contributed by atoms with Crippen molar-refractivity contribution in [2.75, 3.05) is 13.1 Å². The lowest BCUT2D eigenvalue weighted by Crippen LogP contribution is -2.43. The first kappa shape index (κ1) is 12.1. The molecule has 1 saturated carbocycles. The van der Waals surface area contributed by atoms with Gasteiger partial charge in [-0.15, -0.1) is 0 Å². The second-order valence-corrected chi connectivity index (χ2v) is 5.37. The zero-order valence-electron chi connectivity index (χ0n) is 10.2. The number of Topliss-reactive ketones (excluding diaryl/α,β-unsaturated/α-hetero) is 1. The maximum Gasteiger partial charge on any atom is 0.137 e. The monoisotopic (exact) mass is 225 g/mol. The summed E-state index contributed by atoms with van der Waals surface area (Å²) in [5, 5.41) is 9.47. The van der Waals surface area contributed by atoms with E-state index in [1.165, 1.54) is 12.8 Å². The Morgan fingerprint density at radius 1 is 1.38 bits per heavy atom. The zero-order chi connectivity index (χ0) is 11.5. The molecule has 0 aromatic carbocycles. The molecule has 3 nitrogen and oxygen atoms in total. The molecule has 3 heteroatoms. The van der Waals surface area contributed by atoms with Crippen LogP contribution in [-0.4, -0.2) is 41.0 Å². The van der Waals surface area contributed by atoms with E-state index in [0.29, 0.717) is 11.8 Å². The number of ketones is 1. The molecule has 2 aliphatic rings. The van der Waals surface area contributed by atoms with Gasteiger partial charge in [-0.1, -0.05) is 6.42 Å². The molecule has 92 valence electrons. The first-order valence-corrected chi connectivity index (χ1v) is 6.63. The minimum absolute atomic E-state index is 0.259. The summed E-state index contributed by atoms with van der Waals surface area (Å²) in [6.07, 6.45) is 6.18. The Morgan fingerprint density at radius 2 is 2.19 bits per heavy atom. The Bertz CT molecular complexity index is 252. The molecule has 2 rings (SSSR count). The number of aliphatic hydroxyl groups excluding tert-OH is 1. The standard InChI is InChI=1S/C13H23NO2/c1-10(15)9-14-8-4-6-12(14)11-5-2-3-7-13(11)16/h10-12,15H,2-9H2,1H3. The largest absolute Gasteiger partial charge is 0.392 e. The average molecular weight is 225 g/mol. The summed E-state index contributed by atoms with van der Waals surface area (Å²) in [7, 11) is 0. The first-order chi connectivity index (χ1) is 7.68. The molecule has 0 aromatic heterocycles. The van der Waals surface area contributed by atoms with Gasteiger partial charge in [0.15, 0.2) is 0 Å². The SMILES string of the molecule is CC(O)CN1CCCC1C1CCCCC1=O. The number of β-amino-alcohol motifs (C(OH)–C–C–N with tert-alkyl or cyclic N) is 1. The molecule has 1 aliphatic carbocycles. The van der Waals surface area contributed by atoms with Crippen LogP contribution in [0.25, 0.3) is 0 Å². The highest BCUT2D eigenvalue weighted by molar-refractivity contribution is 5.82. The van der Waals surface area contributed by atoms with E-state index in [-0.39, 0.29) is 12.0 Å². The topological polar surface area (TPSA) is 40.5 Å². The lowest BCUT2D eigenvalue weighted by atomic mass is 9.82. The van der Waals surface area contributed by atoms with E-state index < -0.39 is 0 Å². The van der Waals surface area contributed by atoms with Gasteiger partial charge in [0, 0.05) is 24.9 Å². The van der Waals surface area contributed by atoms with Gasteiger partial charge in [0.2, 0.25) is 0 Å². The number of nitrogens with zero attached hydrogens (tertiary/aromatic N) is 1. The van der Waals surface area contributed by atoms with Crippen LogP contribution < -0.4 is 0 Å². The van der Waals surface area contributed by atoms with Crippen molar-refractivity contribution in [2.45, 2.75) is 57.6 Å². The molecular weight excluding hydrogens is 202 g/mol. The van der Waals surface area contributed by atoms with Gasteiger partial charge in [0.05, 0.1) is 6.10 Å². The lowest BCUT2D eigenvalue weighted by molar-refractivity contribution is -0.126. The maximum atomic E-state index is 11.9. The third-order valence-corrected chi connectivity index (χ3v) is 3.98. The molecule has 2 fully saturated rings. The van der Waals surface area contributed by atoms with E-state index in [1.807, 2.05) is 6.92 Å². The number of carbonyl (C=O) groups excluding carboxylic acids is 1. The van der Waals surface area contributed by atoms with Crippen LogP contribution in [-0.2, 0) is 4.79 Å². The number of hydrogen-bond acceptors (Lipinski definition) is 3. The van der Waals surface area contributed by atoms with Gasteiger partial charge in [-0.3, -0.25) is 9.69 Å². The van der Waals surface area contributed by atoms with Crippen LogP contribution in [0.4, 0.5) is 0 Å². The Hall–Kier alpha value is -0.410. The van der Waals surface area contributed by atoms with Gasteiger partial charge < -0.3 is 5.11 Å². The fourth-order valence-corrected chi connectivity index (χ4v) is 3.29. The molecule has 0 radical (unpaired) electrons. The van der Waals surface area contributed by atoms with Crippen molar-refractivity contribution in [3.63, 3.8) is 0 Å². The van der Waals surface area contributed by atoms with Gasteiger partial charge in [-0.25, -0.2) is 0 Å². The number of rotatable bonds is 3. The second kappa shape index (κ2) is 5.28. The molecule has 1 saturated heterocycles. The van der Waals surface area contributed by atoms with Crippen molar-refractivity contribution in [3.05, 3.63) is 0 Å². The molecule has 0 amide bonds. The highest BCUT2D eigenvalue weighted by Gasteiger charge is 2.36. The smallest absolute Gasteiger partial charge is 0.137 e. The van der Waals surface area contributed by atoms with E-state index in [9.17, 15) is 9.90 Å². The number of aliphatic hydroxyl groups is 1. The van der Waals surface area contributed by atoms with E-state index >= 15 is 0 Å². The summed E-state index contributed by atoms with van der Waals surface area (Å²) >= 11 is 0. The minimum Gasteiger partial charge on any atom is -0.392 e. The predicted molar refractivity (Wildman–Crippen MR) is 63.2 cm³/mol. The molecule has 16 heavy (non-hydrogen) atoms. The molecule has 1 N–H and O–H groups in total. The van der Waals surface area contributed by atoms with E-state index in [1.54, 1.807) is 0 Å². The van der Waals surface area contributed by atoms with Crippen LogP contribution in [0, 0.1) is 5.92 Å². The van der Waals surface area contributed by atoms with Crippen LogP contribution in [0.15, 0.2) is 0 Å². The third-order valence-electron chi connectivity index (χ3n) is 3.98. The predicted octanol–water partition coefficient (Wildman–Crippen LogP) is 1.59. The van der Waals surface area contributed by atoms with Gasteiger partial charge in [0.25, 0.3) is 0 Å². The average Bonchev–Trinajstić information content (AvgIpc) is 2.66. The number of likely N-dealkylation sites (tertiary alicyclic amines) is 1. The maximum absolute atomic E-state index is 11.9. The fraction of sp³-hybridized carbons (Fsp3) is 0.923. The quantitative estimate of drug-likeness (QED) is 0.793. The summed E-state index contributed by atoms with van der Waals surface area (Å²) in [6.45, 7) is 3.62. The first-order valence-electron chi connectivity index (χ1n) is 6.63. The van der Waals surface area contributed by atoms with Crippen molar-refractivity contribution in [3.8, 4) is 0 Å². The molecular formula is C13H23NO2. The van der Waals surface area contributed by atoms with Crippen molar-refractivity contribution in [1.29, 1.82) is 0 Å². The zero-order valence-corrected chi connectivity index (χ0v) is 10.2. The Kier molecular flexibility index (Phi) is 3.98. The highest BCUT2D eigenvalue weighted by Crippen LogP contribution is 2.32. The van der Waals surface area contributed by atoms with E-state index in [0.717, 1.165) is 38.8 Å². The summed E-state index contributed by atoms with van der Waals surface area (Å²) in [4.78, 5) is 14.3. The van der Waals surface area contributed by atoms with Crippen LogP contribution in [0.5, 0.6) is 0 Å². The van der Waals surface area contributed by atoms with Crippen molar-refractivity contribution in [2.24, 2.45) is 5.92 Å². The van der Waals surface area contributed by atoms with Crippen LogP contribution >= 0.6 is 0 Å². The molecule has 3 atom stereocenters. The number of hydrogen-bond donors (Lipinski definition) is 1. The normalized spacial score (nSPS) is 34.2. The summed E-state index contributed by atoms with van der Waals surface area (Å²) in [5.41, 5.74) is 0. The lowest BCUT2D eigenvalue weighted by Gasteiger charge is -2.33. The minimum atomic E-state index is -0.278. The molecule has 3 unspecified atom stereocenters. The van der Waals surface area contributed by atoms with Crippen molar-refractivity contribution >= 4 is 5.78 Å². The molecule has 0 bridgehead atoms. The Morgan fingerprint density at radius 3 is 2.88 bits per heavy atom. The Labute approximate surface area is 97.8 Å². The molecule has 1 aliphatic heterocycles. The summed E-state index contributed by atoms with van der Waals surface area (Å²) < 4.78 is 0. The third kappa shape index (κ3) is 2.64. The highest BCUT2D eigenvalue weighted by atomic mass is 16.3. The van der Waals surface area contributed by atoms with E-state index in [4.69, 9.17) is 0 Å². The van der Waals surface area contributed by atoms with Gasteiger partial charge in [0.1, 0.15) is 5.78 Å². The summed E-state index contributed by atoms with van der Waals surface area (Å²) in [5.74, 6) is 0.726. The van der Waals surface area contributed by atoms with Gasteiger partial charge >= 0.3 is 0 Å². The van der Waals surface area contributed by atoms with Gasteiger partial charge in [-0.05, 0) is 39.2 Å². The summed E-state index contributed by atoms with van der Waals surface area (Å²) in [6, 6.07) is 0.419. The van der Waals surface area contributed by atoms with Crippen LogP contribution in [0.3, 0.4) is 0 Å². The Balaban J connectivity index is 1.98. The molecule has 1 heterocycles. The van der Waals surface area contributed by atoms with E-state index in [2.05, 4.69) is 4.90 Å². The van der Waals surface area contributed by atoms with Crippen molar-refractivity contribution in [1.82, 2.24) is 4.90 Å². The van der Waals surface area contributed by atoms with Crippen LogP contribution in [0.2, 0.25) is 0 Å². The van der Waals surface area contributed by atoms with Gasteiger partial charge in [-0.2, -0.15) is 0 Å². The number of carbonyl (C=O) groups is 1. The fourth-order valence-electron chi connectivity index (χ4n) is 3.29. The van der Waals surface area contributed by atoms with Crippen LogP contribution in [0.1, 0.15) is 45.4 Å². The second-order valence-electron chi connectivity index (χ2n) is 5.37. The molecule has 0 spiro atoms. The molecule has 0 aromatic rings. The van der Waals surface area contributed by atoms with Crippen molar-refractivity contribution < 1.29 is 9.90 Å².